The van der Waals surface area contributed by atoms with Gasteiger partial charge in [0, 0.05) is 19.2 Å². The summed E-state index contributed by atoms with van der Waals surface area (Å²) in [4.78, 5) is 26.8. The van der Waals surface area contributed by atoms with Gasteiger partial charge in [0.05, 0.1) is 5.56 Å². The van der Waals surface area contributed by atoms with E-state index in [1.807, 2.05) is 38.9 Å². The third-order valence-corrected chi connectivity index (χ3v) is 6.27. The number of carbonyl (C=O) groups excluding carboxylic acids is 2. The number of hydrogen-bond donors (Lipinski definition) is 1. The summed E-state index contributed by atoms with van der Waals surface area (Å²) in [6.07, 6.45) is 2.28. The Bertz CT molecular complexity index is 966. The van der Waals surface area contributed by atoms with E-state index in [1.54, 1.807) is 24.3 Å². The summed E-state index contributed by atoms with van der Waals surface area (Å²) in [6.45, 7) is 14.1. The average molecular weight is 455 g/mol. The second kappa shape index (κ2) is 11.0. The number of esters is 1. The Labute approximate surface area is 201 Å². The maximum absolute atomic E-state index is 12.8. The molecule has 0 fully saturated rings. The van der Waals surface area contributed by atoms with Crippen LogP contribution in [0.4, 0.5) is 5.69 Å². The van der Waals surface area contributed by atoms with Crippen LogP contribution in [0.3, 0.4) is 0 Å². The average Bonchev–Trinajstić information content (AvgIpc) is 2.78. The molecule has 2 aromatic carbocycles. The number of amides is 1. The number of hydrogen-bond acceptors (Lipinski definition) is 4. The maximum atomic E-state index is 12.8. The van der Waals surface area contributed by atoms with Crippen LogP contribution in [0, 0.1) is 0 Å². The van der Waals surface area contributed by atoms with E-state index in [2.05, 4.69) is 45.1 Å². The van der Waals surface area contributed by atoms with Crippen LogP contribution in [0.1, 0.15) is 87.7 Å². The summed E-state index contributed by atoms with van der Waals surface area (Å²) in [6, 6.07) is 12.8. The fourth-order valence-corrected chi connectivity index (χ4v) is 4.03. The first-order valence-electron chi connectivity index (χ1n) is 11.9. The lowest BCUT2D eigenvalue weighted by molar-refractivity contribution is 0.0481. The molecule has 5 heteroatoms. The zero-order valence-corrected chi connectivity index (χ0v) is 21.5. The molecule has 1 N–H and O–H groups in total. The summed E-state index contributed by atoms with van der Waals surface area (Å²) in [5.41, 5.74) is 4.62. The fourth-order valence-electron chi connectivity index (χ4n) is 4.03. The van der Waals surface area contributed by atoms with Crippen LogP contribution in [0.25, 0.3) is 0 Å². The van der Waals surface area contributed by atoms with Crippen molar-refractivity contribution in [2.24, 2.45) is 0 Å². The lowest BCUT2D eigenvalue weighted by Gasteiger charge is -2.42. The van der Waals surface area contributed by atoms with Gasteiger partial charge < -0.3 is 15.0 Å². The number of likely N-dealkylation sites (N-methyl/N-ethyl adjacent to an activating group) is 1. The molecular weight excluding hydrogens is 412 g/mol. The van der Waals surface area contributed by atoms with Gasteiger partial charge in [-0.1, -0.05) is 47.6 Å². The van der Waals surface area contributed by atoms with E-state index in [9.17, 15) is 9.59 Å². The minimum absolute atomic E-state index is 0. The molecule has 0 bridgehead atoms. The molecule has 0 aromatic heterocycles. The third-order valence-electron chi connectivity index (χ3n) is 6.27. The smallest absolute Gasteiger partial charge is 0.338 e. The highest BCUT2D eigenvalue weighted by Crippen LogP contribution is 2.46. The Hall–Kier alpha value is -2.66. The zero-order valence-electron chi connectivity index (χ0n) is 21.5. The van der Waals surface area contributed by atoms with Crippen LogP contribution in [0.5, 0.6) is 0 Å². The maximum Gasteiger partial charge on any atom is 0.338 e. The summed E-state index contributed by atoms with van der Waals surface area (Å²) >= 11 is 0. The van der Waals surface area contributed by atoms with Gasteiger partial charge in [0.2, 0.25) is 0 Å². The van der Waals surface area contributed by atoms with Gasteiger partial charge in [-0.25, -0.2) is 4.79 Å². The van der Waals surface area contributed by atoms with Crippen LogP contribution >= 0.6 is 0 Å². The SMILES string of the molecule is CC.CN(C)CCOC(=O)c1ccc(C(=O)Nc2ccc3c(c2)C(C)(C)CCC3(C)C)cc1.[HH]. The highest BCUT2D eigenvalue weighted by molar-refractivity contribution is 6.04. The zero-order chi connectivity index (χ0) is 24.8. The quantitative estimate of drug-likeness (QED) is 0.522. The van der Waals surface area contributed by atoms with E-state index in [1.165, 1.54) is 11.1 Å². The number of fused-ring (bicyclic) bond motifs is 1. The molecule has 0 heterocycles. The summed E-state index contributed by atoms with van der Waals surface area (Å²) in [5, 5.41) is 3.01. The number of rotatable bonds is 6. The van der Waals surface area contributed by atoms with Crippen molar-refractivity contribution >= 4 is 17.6 Å². The number of nitrogens with zero attached hydrogens (tertiary/aromatic N) is 1. The lowest BCUT2D eigenvalue weighted by atomic mass is 9.63. The Morgan fingerprint density at radius 3 is 2.03 bits per heavy atom. The van der Waals surface area contributed by atoms with Gasteiger partial charge >= 0.3 is 5.97 Å². The first-order valence-corrected chi connectivity index (χ1v) is 11.9. The lowest BCUT2D eigenvalue weighted by Crippen LogP contribution is -2.33. The number of benzene rings is 2. The van der Waals surface area contributed by atoms with Crippen LogP contribution in [0.15, 0.2) is 42.5 Å². The van der Waals surface area contributed by atoms with Crippen LogP contribution < -0.4 is 5.32 Å². The molecule has 33 heavy (non-hydrogen) atoms. The second-order valence-electron chi connectivity index (χ2n) is 10.00. The third kappa shape index (κ3) is 6.67. The summed E-state index contributed by atoms with van der Waals surface area (Å²) < 4.78 is 5.24. The van der Waals surface area contributed by atoms with Crippen molar-refractivity contribution < 1.29 is 15.8 Å². The van der Waals surface area contributed by atoms with Crippen molar-refractivity contribution in [3.05, 3.63) is 64.7 Å². The highest BCUT2D eigenvalue weighted by Gasteiger charge is 2.37. The Morgan fingerprint density at radius 2 is 1.45 bits per heavy atom. The molecule has 1 aliphatic rings. The van der Waals surface area contributed by atoms with Gasteiger partial charge in [0.15, 0.2) is 0 Å². The van der Waals surface area contributed by atoms with Gasteiger partial charge in [-0.2, -0.15) is 0 Å². The summed E-state index contributed by atoms with van der Waals surface area (Å²) in [5.74, 6) is -0.575. The largest absolute Gasteiger partial charge is 0.461 e. The van der Waals surface area contributed by atoms with Crippen molar-refractivity contribution in [2.75, 3.05) is 32.6 Å². The predicted molar refractivity (Wildman–Crippen MR) is 138 cm³/mol. The number of carbonyl (C=O) groups is 2. The predicted octanol–water partition coefficient (Wildman–Crippen LogP) is 6.28. The molecule has 0 saturated carbocycles. The molecule has 182 valence electrons. The number of anilines is 1. The van der Waals surface area contributed by atoms with E-state index in [4.69, 9.17) is 4.74 Å². The van der Waals surface area contributed by atoms with Gasteiger partial charge in [-0.05, 0) is 85.3 Å². The van der Waals surface area contributed by atoms with Crippen molar-refractivity contribution in [1.29, 1.82) is 0 Å². The molecule has 1 amide bonds. The second-order valence-corrected chi connectivity index (χ2v) is 10.00. The van der Waals surface area contributed by atoms with Crippen molar-refractivity contribution in [3.8, 4) is 0 Å². The topological polar surface area (TPSA) is 58.6 Å². The molecular formula is C28H42N2O3. The molecule has 5 nitrogen and oxygen atoms in total. The standard InChI is InChI=1S/C26H34N2O3.C2H6.H2/c1-25(2)13-14-26(3,4)22-17-20(11-12-21(22)25)27-23(29)18-7-9-19(10-8-18)24(30)31-16-15-28(5)6;1-2;/h7-12,17H,13-16H2,1-6H3,(H,27,29);1-2H3;1H. The molecule has 0 unspecified atom stereocenters. The molecule has 1 aliphatic carbocycles. The number of ether oxygens (including phenoxy) is 1. The van der Waals surface area contributed by atoms with Crippen LogP contribution in [0.2, 0.25) is 0 Å². The minimum Gasteiger partial charge on any atom is -0.461 e. The van der Waals surface area contributed by atoms with Crippen molar-refractivity contribution in [2.45, 2.75) is 65.2 Å². The van der Waals surface area contributed by atoms with E-state index in [-0.39, 0.29) is 24.1 Å². The Balaban J connectivity index is 0.00000188. The van der Waals surface area contributed by atoms with Gasteiger partial charge in [-0.3, -0.25) is 4.79 Å². The van der Waals surface area contributed by atoms with E-state index in [0.29, 0.717) is 24.3 Å². The Morgan fingerprint density at radius 1 is 0.909 bits per heavy atom. The first-order chi connectivity index (χ1) is 15.5. The molecule has 2 aromatic rings. The van der Waals surface area contributed by atoms with Crippen molar-refractivity contribution in [3.63, 3.8) is 0 Å². The van der Waals surface area contributed by atoms with Gasteiger partial charge in [0.25, 0.3) is 5.91 Å². The molecule has 0 saturated heterocycles. The minimum atomic E-state index is -0.381. The fraction of sp³-hybridized carbons (Fsp3) is 0.500. The monoisotopic (exact) mass is 454 g/mol. The van der Waals surface area contributed by atoms with E-state index in [0.717, 1.165) is 18.5 Å². The van der Waals surface area contributed by atoms with E-state index < -0.39 is 0 Å². The van der Waals surface area contributed by atoms with E-state index >= 15 is 0 Å². The molecule has 3 rings (SSSR count). The molecule has 0 radical (unpaired) electrons. The first kappa shape index (κ1) is 26.6. The van der Waals surface area contributed by atoms with Gasteiger partial charge in [-0.15, -0.1) is 0 Å². The molecule has 0 aliphatic heterocycles. The van der Waals surface area contributed by atoms with Crippen molar-refractivity contribution in [1.82, 2.24) is 4.90 Å². The normalized spacial score (nSPS) is 15.7. The van der Waals surface area contributed by atoms with Gasteiger partial charge in [0.1, 0.15) is 6.61 Å². The molecule has 0 spiro atoms. The van der Waals surface area contributed by atoms with Crippen LogP contribution in [-0.2, 0) is 15.6 Å². The summed E-state index contributed by atoms with van der Waals surface area (Å²) in [7, 11) is 3.84. The number of nitrogens with one attached hydrogen (secondary N) is 1. The molecule has 0 atom stereocenters. The van der Waals surface area contributed by atoms with Crippen LogP contribution in [-0.4, -0.2) is 44.0 Å². The Kier molecular flexibility index (Phi) is 8.84. The highest BCUT2D eigenvalue weighted by atomic mass is 16.5.